The standard InChI is InChI=1S/C10H12F2O5S/c1-10(11,12)9(13)16-7-4-2-5-6(3-4)18(14,15)17-8(5)7/h4-8H,2-3H2,1H3. The van der Waals surface area contributed by atoms with E-state index in [1.54, 1.807) is 0 Å². The zero-order valence-corrected chi connectivity index (χ0v) is 10.3. The SMILES string of the molecule is CC(F)(F)C(=O)OC1C2CC3C1OS(=O)(=O)C3C2. The van der Waals surface area contributed by atoms with E-state index in [0.717, 1.165) is 0 Å². The fourth-order valence-electron chi connectivity index (χ4n) is 3.27. The molecule has 2 aliphatic carbocycles. The highest BCUT2D eigenvalue weighted by Crippen LogP contribution is 2.55. The molecular formula is C10H12F2O5S. The van der Waals surface area contributed by atoms with Gasteiger partial charge < -0.3 is 4.74 Å². The predicted molar refractivity (Wildman–Crippen MR) is 54.3 cm³/mol. The first-order valence-electron chi connectivity index (χ1n) is 5.71. The summed E-state index contributed by atoms with van der Waals surface area (Å²) < 4.78 is 58.4. The molecule has 0 amide bonds. The van der Waals surface area contributed by atoms with Gasteiger partial charge in [-0.1, -0.05) is 0 Å². The molecule has 5 unspecified atom stereocenters. The number of halogens is 2. The van der Waals surface area contributed by atoms with Crippen molar-refractivity contribution < 1.29 is 30.9 Å². The number of esters is 1. The Kier molecular flexibility index (Phi) is 2.33. The summed E-state index contributed by atoms with van der Waals surface area (Å²) in [5.74, 6) is -5.60. The maximum absolute atomic E-state index is 12.8. The van der Waals surface area contributed by atoms with Crippen LogP contribution in [0.1, 0.15) is 19.8 Å². The lowest BCUT2D eigenvalue weighted by Gasteiger charge is -2.25. The van der Waals surface area contributed by atoms with Gasteiger partial charge in [-0.05, 0) is 12.8 Å². The van der Waals surface area contributed by atoms with Gasteiger partial charge in [-0.15, -0.1) is 0 Å². The van der Waals surface area contributed by atoms with Crippen molar-refractivity contribution in [3.63, 3.8) is 0 Å². The molecule has 18 heavy (non-hydrogen) atoms. The summed E-state index contributed by atoms with van der Waals surface area (Å²) >= 11 is 0. The molecule has 0 aromatic heterocycles. The van der Waals surface area contributed by atoms with Crippen LogP contribution in [0.25, 0.3) is 0 Å². The summed E-state index contributed by atoms with van der Waals surface area (Å²) in [7, 11) is -3.61. The van der Waals surface area contributed by atoms with Gasteiger partial charge in [-0.25, -0.2) is 4.79 Å². The third-order valence-electron chi connectivity index (χ3n) is 4.02. The zero-order valence-electron chi connectivity index (χ0n) is 9.51. The fraction of sp³-hybridized carbons (Fsp3) is 0.900. The highest BCUT2D eigenvalue weighted by molar-refractivity contribution is 7.87. The van der Waals surface area contributed by atoms with E-state index in [0.29, 0.717) is 19.8 Å². The van der Waals surface area contributed by atoms with Crippen LogP contribution in [0.15, 0.2) is 0 Å². The minimum absolute atomic E-state index is 0.187. The van der Waals surface area contributed by atoms with E-state index in [-0.39, 0.29) is 11.8 Å². The normalized spacial score (nSPS) is 44.3. The smallest absolute Gasteiger partial charge is 0.377 e. The molecule has 0 aromatic rings. The van der Waals surface area contributed by atoms with Crippen LogP contribution in [-0.2, 0) is 23.8 Å². The van der Waals surface area contributed by atoms with Crippen molar-refractivity contribution in [2.75, 3.05) is 0 Å². The number of rotatable bonds is 2. The number of carbonyl (C=O) groups excluding carboxylic acids is 1. The Balaban J connectivity index is 1.80. The van der Waals surface area contributed by atoms with Crippen molar-refractivity contribution in [3.8, 4) is 0 Å². The molecule has 5 atom stereocenters. The molecular weight excluding hydrogens is 270 g/mol. The lowest BCUT2D eigenvalue weighted by Crippen LogP contribution is -2.40. The Bertz CT molecular complexity index is 497. The summed E-state index contributed by atoms with van der Waals surface area (Å²) in [6, 6.07) is 0. The second-order valence-electron chi connectivity index (χ2n) is 5.25. The first kappa shape index (κ1) is 12.3. The van der Waals surface area contributed by atoms with Gasteiger partial charge in [-0.2, -0.15) is 17.2 Å². The number of ether oxygens (including phenoxy) is 1. The Morgan fingerprint density at radius 1 is 1.39 bits per heavy atom. The quantitative estimate of drug-likeness (QED) is 0.550. The van der Waals surface area contributed by atoms with Gasteiger partial charge in [0.05, 0.1) is 5.25 Å². The molecule has 1 saturated heterocycles. The molecule has 0 spiro atoms. The Morgan fingerprint density at radius 3 is 2.67 bits per heavy atom. The van der Waals surface area contributed by atoms with Crippen molar-refractivity contribution in [2.24, 2.45) is 11.8 Å². The van der Waals surface area contributed by atoms with Crippen molar-refractivity contribution in [1.82, 2.24) is 0 Å². The third kappa shape index (κ3) is 1.58. The van der Waals surface area contributed by atoms with Gasteiger partial charge in [-0.3, -0.25) is 4.18 Å². The molecule has 2 saturated carbocycles. The third-order valence-corrected chi connectivity index (χ3v) is 5.79. The summed E-state index contributed by atoms with van der Waals surface area (Å²) in [4.78, 5) is 11.2. The van der Waals surface area contributed by atoms with Crippen LogP contribution in [0.5, 0.6) is 0 Å². The molecule has 0 aromatic carbocycles. The van der Waals surface area contributed by atoms with Crippen LogP contribution in [0.4, 0.5) is 8.78 Å². The number of alkyl halides is 2. The van der Waals surface area contributed by atoms with E-state index in [9.17, 15) is 22.0 Å². The maximum atomic E-state index is 12.8. The van der Waals surface area contributed by atoms with Gasteiger partial charge in [0.25, 0.3) is 10.1 Å². The van der Waals surface area contributed by atoms with Crippen molar-refractivity contribution in [1.29, 1.82) is 0 Å². The van der Waals surface area contributed by atoms with Gasteiger partial charge in [0, 0.05) is 18.8 Å². The van der Waals surface area contributed by atoms with Gasteiger partial charge in [0.2, 0.25) is 0 Å². The van der Waals surface area contributed by atoms with Gasteiger partial charge in [0.15, 0.2) is 0 Å². The lowest BCUT2D eigenvalue weighted by molar-refractivity contribution is -0.181. The Morgan fingerprint density at radius 2 is 2.06 bits per heavy atom. The zero-order chi connectivity index (χ0) is 13.3. The van der Waals surface area contributed by atoms with Crippen molar-refractivity contribution in [3.05, 3.63) is 0 Å². The van der Waals surface area contributed by atoms with Crippen LogP contribution < -0.4 is 0 Å². The summed E-state index contributed by atoms with van der Waals surface area (Å²) in [5.41, 5.74) is 0. The molecule has 3 aliphatic rings. The highest BCUT2D eigenvalue weighted by atomic mass is 32.2. The molecule has 3 rings (SSSR count). The molecule has 0 N–H and O–H groups in total. The average molecular weight is 282 g/mol. The topological polar surface area (TPSA) is 69.7 Å². The van der Waals surface area contributed by atoms with E-state index in [4.69, 9.17) is 8.92 Å². The highest BCUT2D eigenvalue weighted by Gasteiger charge is 2.65. The van der Waals surface area contributed by atoms with Crippen molar-refractivity contribution in [2.45, 2.75) is 43.1 Å². The average Bonchev–Trinajstić information content (AvgIpc) is 2.80. The molecule has 1 aliphatic heterocycles. The molecule has 3 fully saturated rings. The largest absolute Gasteiger partial charge is 0.455 e. The summed E-state index contributed by atoms with van der Waals surface area (Å²) in [5, 5.41) is -0.551. The minimum Gasteiger partial charge on any atom is -0.455 e. The van der Waals surface area contributed by atoms with Crippen LogP contribution in [0.2, 0.25) is 0 Å². The second-order valence-corrected chi connectivity index (χ2v) is 7.03. The van der Waals surface area contributed by atoms with E-state index in [2.05, 4.69) is 0 Å². The van der Waals surface area contributed by atoms with E-state index in [1.165, 1.54) is 0 Å². The van der Waals surface area contributed by atoms with Crippen LogP contribution in [0.3, 0.4) is 0 Å². The summed E-state index contributed by atoms with van der Waals surface area (Å²) in [6.45, 7) is 0.456. The van der Waals surface area contributed by atoms with Crippen LogP contribution in [0, 0.1) is 11.8 Å². The minimum atomic E-state index is -3.61. The first-order chi connectivity index (χ1) is 8.20. The molecule has 102 valence electrons. The number of carbonyl (C=O) groups is 1. The second kappa shape index (κ2) is 3.41. The number of hydrogen-bond acceptors (Lipinski definition) is 5. The number of hydrogen-bond donors (Lipinski definition) is 0. The predicted octanol–water partition coefficient (Wildman–Crippen LogP) is 0.690. The lowest BCUT2D eigenvalue weighted by atomic mass is 9.94. The molecule has 5 nitrogen and oxygen atoms in total. The molecule has 2 bridgehead atoms. The fourth-order valence-corrected chi connectivity index (χ4v) is 5.15. The monoisotopic (exact) mass is 282 g/mol. The maximum Gasteiger partial charge on any atom is 0.377 e. The molecule has 0 radical (unpaired) electrons. The van der Waals surface area contributed by atoms with Crippen LogP contribution in [-0.4, -0.2) is 37.8 Å². The molecule has 1 heterocycles. The number of fused-ring (bicyclic) bond motifs is 1. The van der Waals surface area contributed by atoms with Crippen molar-refractivity contribution >= 4 is 16.1 Å². The first-order valence-corrected chi connectivity index (χ1v) is 7.18. The summed E-state index contributed by atoms with van der Waals surface area (Å²) in [6.07, 6.45) is -0.745. The Labute approximate surface area is 103 Å². The van der Waals surface area contributed by atoms with E-state index < -0.39 is 39.5 Å². The van der Waals surface area contributed by atoms with E-state index >= 15 is 0 Å². The Hall–Kier alpha value is -0.760. The van der Waals surface area contributed by atoms with Gasteiger partial charge >= 0.3 is 11.9 Å². The molecule has 8 heteroatoms. The van der Waals surface area contributed by atoms with Gasteiger partial charge in [0.1, 0.15) is 12.2 Å². The van der Waals surface area contributed by atoms with E-state index in [1.807, 2.05) is 0 Å². The van der Waals surface area contributed by atoms with Crippen LogP contribution >= 0.6 is 0 Å².